The van der Waals surface area contributed by atoms with Gasteiger partial charge in [-0.3, -0.25) is 14.6 Å². The number of aryl methyl sites for hydroxylation is 1. The molecule has 1 radical (unpaired) electrons. The van der Waals surface area contributed by atoms with E-state index in [4.69, 9.17) is 9.47 Å². The smallest absolute Gasteiger partial charge is 0.236 e. The van der Waals surface area contributed by atoms with E-state index in [0.717, 1.165) is 39.9 Å². The second-order valence-electron chi connectivity index (χ2n) is 14.0. The summed E-state index contributed by atoms with van der Waals surface area (Å²) < 4.78 is 11.9. The molecule has 1 unspecified atom stereocenters. The number of fused-ring (bicyclic) bond motifs is 9. The van der Waals surface area contributed by atoms with Gasteiger partial charge in [0.1, 0.15) is 17.5 Å². The molecule has 0 spiro atoms. The molecule has 11 heteroatoms. The zero-order valence-electron chi connectivity index (χ0n) is 28.3. The minimum absolute atomic E-state index is 0. The summed E-state index contributed by atoms with van der Waals surface area (Å²) in [7, 11) is 2.04. The molecule has 4 aliphatic rings. The third kappa shape index (κ3) is 5.60. The van der Waals surface area contributed by atoms with Crippen LogP contribution in [0.2, 0.25) is 0 Å². The topological polar surface area (TPSA) is 130 Å². The molecule has 4 N–H and O–H groups in total. The molecular formula is C35H47AcN5O5. The minimum atomic E-state index is -0.507. The van der Waals surface area contributed by atoms with Gasteiger partial charge in [-0.1, -0.05) is 26.8 Å². The Morgan fingerprint density at radius 1 is 1.04 bits per heavy atom. The van der Waals surface area contributed by atoms with Crippen molar-refractivity contribution in [3.8, 4) is 29.1 Å². The van der Waals surface area contributed by atoms with Gasteiger partial charge in [-0.25, -0.2) is 0 Å². The zero-order chi connectivity index (χ0) is 32.5. The van der Waals surface area contributed by atoms with E-state index in [9.17, 15) is 20.3 Å². The first kappa shape index (κ1) is 35.2. The number of benzene rings is 2. The molecule has 1 amide bonds. The average molecular weight is 845 g/mol. The average Bonchev–Trinajstić information content (AvgIpc) is 3.50. The molecule has 245 valence electrons. The Balaban J connectivity index is 0.00000417. The van der Waals surface area contributed by atoms with E-state index < -0.39 is 18.1 Å². The number of nitrogens with one attached hydrogen (secondary N) is 2. The van der Waals surface area contributed by atoms with Crippen LogP contribution in [0.1, 0.15) is 78.7 Å². The van der Waals surface area contributed by atoms with Gasteiger partial charge in [-0.2, -0.15) is 5.26 Å². The van der Waals surface area contributed by atoms with Crippen molar-refractivity contribution in [1.82, 2.24) is 20.4 Å². The number of aromatic hydroxyl groups is 2. The van der Waals surface area contributed by atoms with E-state index in [1.807, 2.05) is 34.7 Å². The number of nitrogens with zero attached hydrogens (tertiary/aromatic N) is 3. The van der Waals surface area contributed by atoms with Crippen molar-refractivity contribution in [2.75, 3.05) is 26.9 Å². The summed E-state index contributed by atoms with van der Waals surface area (Å²) in [6.07, 6.45) is 1.07. The summed E-state index contributed by atoms with van der Waals surface area (Å²) in [5, 5.41) is 40.5. The third-order valence-corrected chi connectivity index (χ3v) is 11.2. The molecule has 0 aliphatic carbocycles. The Morgan fingerprint density at radius 3 is 2.41 bits per heavy atom. The Kier molecular flexibility index (Phi) is 10.3. The number of piperazine rings is 1. The summed E-state index contributed by atoms with van der Waals surface area (Å²) >= 11 is 0. The van der Waals surface area contributed by atoms with Gasteiger partial charge in [0.2, 0.25) is 12.7 Å². The number of carbonyl (C=O) groups is 1. The van der Waals surface area contributed by atoms with E-state index in [0.29, 0.717) is 47.5 Å². The number of phenols is 2. The Morgan fingerprint density at radius 2 is 1.74 bits per heavy atom. The largest absolute Gasteiger partial charge is 0.507 e. The fourth-order valence-corrected chi connectivity index (χ4v) is 7.95. The van der Waals surface area contributed by atoms with Crippen LogP contribution < -0.4 is 20.1 Å². The maximum atomic E-state index is 13.5. The molecule has 6 rings (SSSR count). The maximum absolute atomic E-state index is 13.5. The number of amides is 1. The number of hydrogen-bond acceptors (Lipinski definition) is 9. The molecule has 2 aromatic carbocycles. The number of carbonyl (C=O) groups excluding carboxylic acids is 1. The molecular weight excluding hydrogens is 797 g/mol. The fraction of sp³-hybridized carbons (Fsp3) is 0.600. The van der Waals surface area contributed by atoms with Gasteiger partial charge in [0, 0.05) is 84.9 Å². The summed E-state index contributed by atoms with van der Waals surface area (Å²) in [5.74, 6) is 2.33. The molecule has 10 nitrogen and oxygen atoms in total. The second-order valence-corrected chi connectivity index (χ2v) is 14.0. The molecule has 1 fully saturated rings. The first-order valence-corrected chi connectivity index (χ1v) is 16.2. The van der Waals surface area contributed by atoms with Crippen LogP contribution in [0.3, 0.4) is 0 Å². The Bertz CT molecular complexity index is 1570. The van der Waals surface area contributed by atoms with Gasteiger partial charge < -0.3 is 30.3 Å². The van der Waals surface area contributed by atoms with Crippen LogP contribution >= 0.6 is 0 Å². The van der Waals surface area contributed by atoms with Crippen molar-refractivity contribution in [3.05, 3.63) is 45.0 Å². The zero-order valence-corrected chi connectivity index (χ0v) is 33.0. The van der Waals surface area contributed by atoms with Crippen LogP contribution in [0.4, 0.5) is 0 Å². The summed E-state index contributed by atoms with van der Waals surface area (Å²) in [5.41, 5.74) is 5.97. The molecule has 1 saturated heterocycles. The van der Waals surface area contributed by atoms with E-state index in [1.54, 1.807) is 0 Å². The van der Waals surface area contributed by atoms with Crippen molar-refractivity contribution in [3.63, 3.8) is 0 Å². The summed E-state index contributed by atoms with van der Waals surface area (Å²) in [4.78, 5) is 17.9. The van der Waals surface area contributed by atoms with Gasteiger partial charge in [-0.15, -0.1) is 0 Å². The third-order valence-electron chi connectivity index (χ3n) is 11.2. The van der Waals surface area contributed by atoms with Gasteiger partial charge in [0.25, 0.3) is 0 Å². The minimum Gasteiger partial charge on any atom is -0.507 e. The van der Waals surface area contributed by atoms with E-state index in [1.165, 1.54) is 0 Å². The first-order valence-electron chi connectivity index (χ1n) is 16.2. The number of rotatable bonds is 7. The van der Waals surface area contributed by atoms with Crippen molar-refractivity contribution in [2.45, 2.75) is 97.6 Å². The van der Waals surface area contributed by atoms with Crippen LogP contribution in [-0.2, 0) is 17.6 Å². The molecule has 4 heterocycles. The predicted molar refractivity (Wildman–Crippen MR) is 170 cm³/mol. The molecule has 4 aliphatic heterocycles. The van der Waals surface area contributed by atoms with E-state index in [-0.39, 0.29) is 87.2 Å². The van der Waals surface area contributed by atoms with Crippen molar-refractivity contribution < 1.29 is 68.5 Å². The first-order chi connectivity index (χ1) is 21.4. The predicted octanol–water partition coefficient (Wildman–Crippen LogP) is 3.91. The summed E-state index contributed by atoms with van der Waals surface area (Å²) in [6.45, 7) is 15.2. The van der Waals surface area contributed by atoms with Gasteiger partial charge in [0.05, 0.1) is 24.2 Å². The van der Waals surface area contributed by atoms with Gasteiger partial charge in [0.15, 0.2) is 11.5 Å². The quantitative estimate of drug-likeness (QED) is 0.328. The normalized spacial score (nSPS) is 25.9. The standard InChI is InChI=1S/C35H47N5O5.Ac/c1-16(2)18(4)13-37-21(7)35(43)38-14-27-29-23(31(41)20(6)33-34(29)45-15-44-33)11-25-30-28-22(9-17(3)19(5)32(28)42)10-24(39(30)8)26(12-36)40(25)27;/h9,16,18,21,24-27,30,37,41-42H,10-11,13-15H2,1-8H3,(H,38,43);/t18-,21+,24+,25?,26+,27+,30+;/m1./s1. The Hall–Kier alpha value is -2.08. The monoisotopic (exact) mass is 844 g/mol. The van der Waals surface area contributed by atoms with Gasteiger partial charge >= 0.3 is 0 Å². The maximum Gasteiger partial charge on any atom is 0.236 e. The van der Waals surface area contributed by atoms with Crippen LogP contribution in [0.15, 0.2) is 6.07 Å². The van der Waals surface area contributed by atoms with Crippen molar-refractivity contribution in [2.24, 2.45) is 11.8 Å². The summed E-state index contributed by atoms with van der Waals surface area (Å²) in [6, 6.07) is 2.79. The molecule has 0 saturated carbocycles. The van der Waals surface area contributed by atoms with Gasteiger partial charge in [-0.05, 0) is 82.7 Å². The fourth-order valence-electron chi connectivity index (χ4n) is 7.95. The molecule has 46 heavy (non-hydrogen) atoms. The van der Waals surface area contributed by atoms with E-state index in [2.05, 4.69) is 53.3 Å². The molecule has 0 aromatic heterocycles. The molecule has 2 bridgehead atoms. The number of hydrogen-bond donors (Lipinski definition) is 4. The second kappa shape index (κ2) is 13.4. The number of nitriles is 1. The number of likely N-dealkylation sites (N-methyl/N-ethyl adjacent to an activating group) is 1. The van der Waals surface area contributed by atoms with Crippen LogP contribution in [-0.4, -0.2) is 77.0 Å². The molecule has 7 atom stereocenters. The molecule has 2 aromatic rings. The number of phenolic OH excluding ortho intramolecular Hbond substituents is 2. The van der Waals surface area contributed by atoms with Crippen molar-refractivity contribution >= 4 is 5.91 Å². The van der Waals surface area contributed by atoms with Crippen LogP contribution in [0.5, 0.6) is 23.0 Å². The van der Waals surface area contributed by atoms with Crippen LogP contribution in [0, 0.1) is 88.0 Å². The van der Waals surface area contributed by atoms with E-state index >= 15 is 0 Å². The van der Waals surface area contributed by atoms with Crippen LogP contribution in [0.25, 0.3) is 0 Å². The van der Waals surface area contributed by atoms with Crippen molar-refractivity contribution in [1.29, 1.82) is 5.26 Å². The Labute approximate surface area is 308 Å². The SMILES string of the molecule is Cc1cc2c(c(O)c1C)[C@@H]1C3Cc4c(O)c(C)c5c(c4[C@H](CNC(=O)[C@H](C)NC[C@@H](C)C(C)C)N3[C@@H](C#N)[C@H](C2)N1C)OCO5.[Ac]. The number of ether oxygens (including phenoxy) is 2.